The summed E-state index contributed by atoms with van der Waals surface area (Å²) >= 11 is 0. The van der Waals surface area contributed by atoms with Crippen LogP contribution in [0, 0.1) is 0 Å². The van der Waals surface area contributed by atoms with Crippen LogP contribution in [0.25, 0.3) is 0 Å². The number of ether oxygens (including phenoxy) is 4. The number of nitrogens with zero attached hydrogens (tertiary/aromatic N) is 1. The number of carbonyl (C=O) groups is 3. The van der Waals surface area contributed by atoms with E-state index < -0.39 is 6.09 Å². The number of alkyl carbamates (subject to hydrolysis) is 1. The van der Waals surface area contributed by atoms with Gasteiger partial charge in [-0.3, -0.25) is 9.59 Å². The summed E-state index contributed by atoms with van der Waals surface area (Å²) in [6.07, 6.45) is 26.8. The Morgan fingerprint density at radius 1 is 0.531 bits per heavy atom. The van der Waals surface area contributed by atoms with Crippen LogP contribution in [0.4, 0.5) is 4.79 Å². The van der Waals surface area contributed by atoms with Crippen LogP contribution >= 0.6 is 0 Å². The molecular formula is C40H78N2O7. The van der Waals surface area contributed by atoms with Crippen molar-refractivity contribution in [2.75, 3.05) is 53.6 Å². The first-order valence-electron chi connectivity index (χ1n) is 20.4. The molecular weight excluding hydrogens is 620 g/mol. The number of hydrogen-bond donors (Lipinski definition) is 1. The molecule has 0 aliphatic heterocycles. The molecule has 0 spiro atoms. The second-order valence-corrected chi connectivity index (χ2v) is 14.0. The van der Waals surface area contributed by atoms with Gasteiger partial charge in [-0.15, -0.1) is 0 Å². The third-order valence-corrected chi connectivity index (χ3v) is 8.81. The maximum absolute atomic E-state index is 12.5. The van der Waals surface area contributed by atoms with Crippen molar-refractivity contribution in [1.82, 2.24) is 10.2 Å². The van der Waals surface area contributed by atoms with Crippen molar-refractivity contribution in [2.24, 2.45) is 0 Å². The van der Waals surface area contributed by atoms with Crippen molar-refractivity contribution in [3.8, 4) is 0 Å². The summed E-state index contributed by atoms with van der Waals surface area (Å²) in [5.74, 6) is -0.231. The molecule has 0 radical (unpaired) electrons. The number of nitrogens with one attached hydrogen (secondary N) is 1. The van der Waals surface area contributed by atoms with Crippen molar-refractivity contribution in [2.45, 2.75) is 187 Å². The molecule has 0 aromatic heterocycles. The smallest absolute Gasteiger partial charge is 0.407 e. The topological polar surface area (TPSA) is 103 Å². The average Bonchev–Trinajstić information content (AvgIpc) is 3.07. The van der Waals surface area contributed by atoms with Crippen LogP contribution in [0.15, 0.2) is 0 Å². The predicted molar refractivity (Wildman–Crippen MR) is 201 cm³/mol. The van der Waals surface area contributed by atoms with Crippen LogP contribution in [0.5, 0.6) is 0 Å². The normalized spacial score (nSPS) is 11.3. The van der Waals surface area contributed by atoms with Gasteiger partial charge in [0.05, 0.1) is 26.4 Å². The summed E-state index contributed by atoms with van der Waals surface area (Å²) in [7, 11) is 3.98. The summed E-state index contributed by atoms with van der Waals surface area (Å²) in [6.45, 7) is 7.54. The van der Waals surface area contributed by atoms with Gasteiger partial charge >= 0.3 is 18.0 Å². The van der Waals surface area contributed by atoms with Crippen molar-refractivity contribution < 1.29 is 33.3 Å². The molecule has 0 fully saturated rings. The lowest BCUT2D eigenvalue weighted by Gasteiger charge is -2.18. The second-order valence-electron chi connectivity index (χ2n) is 14.0. The second kappa shape index (κ2) is 37.4. The standard InChI is InChI=1S/C40H78N2O7/c1-5-7-9-11-13-15-17-19-21-29-38(43)47-33-25-23-27-37(49-40(45)41-31-35-46-36-32-42(3)4)28-24-26-34-48-39(44)30-22-20-18-16-14-12-10-8-6-2/h37H,5-36H2,1-4H3,(H,41,45). The van der Waals surface area contributed by atoms with Gasteiger partial charge in [0.15, 0.2) is 0 Å². The third-order valence-electron chi connectivity index (χ3n) is 8.81. The highest BCUT2D eigenvalue weighted by Gasteiger charge is 2.15. The Labute approximate surface area is 301 Å². The minimum Gasteiger partial charge on any atom is -0.466 e. The number of hydrogen-bond acceptors (Lipinski definition) is 8. The maximum atomic E-state index is 12.5. The van der Waals surface area contributed by atoms with Gasteiger partial charge in [-0.05, 0) is 65.5 Å². The monoisotopic (exact) mass is 699 g/mol. The predicted octanol–water partition coefficient (Wildman–Crippen LogP) is 9.93. The molecule has 1 N–H and O–H groups in total. The molecule has 0 aromatic rings. The number of unbranched alkanes of at least 4 members (excludes halogenated alkanes) is 18. The Morgan fingerprint density at radius 2 is 0.959 bits per heavy atom. The minimum absolute atomic E-state index is 0.115. The Morgan fingerprint density at radius 3 is 1.39 bits per heavy atom. The summed E-state index contributed by atoms with van der Waals surface area (Å²) < 4.78 is 22.2. The van der Waals surface area contributed by atoms with Crippen LogP contribution in [0.2, 0.25) is 0 Å². The Kier molecular flexibility index (Phi) is 36.0. The number of likely N-dealkylation sites (N-methyl/N-ethyl adjacent to an activating group) is 1. The van der Waals surface area contributed by atoms with Gasteiger partial charge in [0.1, 0.15) is 6.10 Å². The van der Waals surface area contributed by atoms with Crippen molar-refractivity contribution >= 4 is 18.0 Å². The molecule has 9 nitrogen and oxygen atoms in total. The molecule has 0 aliphatic carbocycles. The van der Waals surface area contributed by atoms with Crippen molar-refractivity contribution in [3.05, 3.63) is 0 Å². The fraction of sp³-hybridized carbons (Fsp3) is 0.925. The van der Waals surface area contributed by atoms with E-state index in [1.54, 1.807) is 0 Å². The van der Waals surface area contributed by atoms with E-state index in [2.05, 4.69) is 19.2 Å². The first-order valence-corrected chi connectivity index (χ1v) is 20.4. The summed E-state index contributed by atoms with van der Waals surface area (Å²) in [5.41, 5.74) is 0. The van der Waals surface area contributed by atoms with E-state index in [1.807, 2.05) is 19.0 Å². The molecule has 0 heterocycles. The molecule has 49 heavy (non-hydrogen) atoms. The lowest BCUT2D eigenvalue weighted by Crippen LogP contribution is -2.32. The maximum Gasteiger partial charge on any atom is 0.407 e. The van der Waals surface area contributed by atoms with Crippen LogP contribution in [-0.4, -0.2) is 82.6 Å². The lowest BCUT2D eigenvalue weighted by atomic mass is 10.1. The SMILES string of the molecule is CCCCCCCCCCCC(=O)OCCCCC(CCCCOC(=O)CCCCCCCCCCC)OC(=O)NCCOCCN(C)C. The van der Waals surface area contributed by atoms with Crippen molar-refractivity contribution in [1.29, 1.82) is 0 Å². The number of carbonyl (C=O) groups excluding carboxylic acids is 3. The zero-order chi connectivity index (χ0) is 36.0. The van der Waals surface area contributed by atoms with Gasteiger partial charge in [0.25, 0.3) is 0 Å². The Balaban J connectivity index is 4.21. The van der Waals surface area contributed by atoms with E-state index >= 15 is 0 Å². The van der Waals surface area contributed by atoms with Crippen molar-refractivity contribution in [3.63, 3.8) is 0 Å². The van der Waals surface area contributed by atoms with Gasteiger partial charge in [-0.25, -0.2) is 4.79 Å². The van der Waals surface area contributed by atoms with E-state index in [-0.39, 0.29) is 18.0 Å². The van der Waals surface area contributed by atoms with Crippen LogP contribution < -0.4 is 5.32 Å². The molecule has 0 aromatic carbocycles. The fourth-order valence-corrected chi connectivity index (χ4v) is 5.65. The van der Waals surface area contributed by atoms with Crippen LogP contribution in [-0.2, 0) is 28.5 Å². The van der Waals surface area contributed by atoms with Gasteiger partial charge in [-0.2, -0.15) is 0 Å². The highest BCUT2D eigenvalue weighted by atomic mass is 16.6. The molecule has 0 saturated heterocycles. The quantitative estimate of drug-likeness (QED) is 0.0389. The van der Waals surface area contributed by atoms with Crippen LogP contribution in [0.3, 0.4) is 0 Å². The van der Waals surface area contributed by atoms with E-state index in [0.29, 0.717) is 58.7 Å². The Bertz CT molecular complexity index is 706. The van der Waals surface area contributed by atoms with Gasteiger partial charge in [-0.1, -0.05) is 117 Å². The highest BCUT2D eigenvalue weighted by Crippen LogP contribution is 2.15. The zero-order valence-electron chi connectivity index (χ0n) is 32.5. The molecule has 1 amide bonds. The summed E-state index contributed by atoms with van der Waals surface area (Å²) in [6, 6.07) is 0. The molecule has 290 valence electrons. The molecule has 0 aliphatic rings. The molecule has 0 bridgehead atoms. The summed E-state index contributed by atoms with van der Waals surface area (Å²) in [4.78, 5) is 38.8. The summed E-state index contributed by atoms with van der Waals surface area (Å²) in [5, 5.41) is 2.78. The molecule has 0 rings (SSSR count). The molecule has 0 atom stereocenters. The number of esters is 2. The minimum atomic E-state index is -0.444. The van der Waals surface area contributed by atoms with Crippen LogP contribution in [0.1, 0.15) is 181 Å². The highest BCUT2D eigenvalue weighted by molar-refractivity contribution is 5.69. The largest absolute Gasteiger partial charge is 0.466 e. The molecule has 9 heteroatoms. The van der Waals surface area contributed by atoms with E-state index in [9.17, 15) is 14.4 Å². The first-order chi connectivity index (χ1) is 23.9. The molecule has 0 unspecified atom stereocenters. The number of rotatable bonds is 37. The van der Waals surface area contributed by atoms with E-state index in [1.165, 1.54) is 89.9 Å². The first kappa shape index (κ1) is 47.1. The average molecular weight is 699 g/mol. The van der Waals surface area contributed by atoms with Gasteiger partial charge in [0, 0.05) is 25.9 Å². The van der Waals surface area contributed by atoms with Gasteiger partial charge < -0.3 is 29.2 Å². The lowest BCUT2D eigenvalue weighted by molar-refractivity contribution is -0.144. The van der Waals surface area contributed by atoms with E-state index in [0.717, 1.165) is 57.9 Å². The zero-order valence-corrected chi connectivity index (χ0v) is 32.5. The molecule has 0 saturated carbocycles. The number of amides is 1. The Hall–Kier alpha value is -1.87. The fourth-order valence-electron chi connectivity index (χ4n) is 5.65. The van der Waals surface area contributed by atoms with E-state index in [4.69, 9.17) is 18.9 Å². The third kappa shape index (κ3) is 37.2. The van der Waals surface area contributed by atoms with Gasteiger partial charge in [0.2, 0.25) is 0 Å².